The second-order valence-corrected chi connectivity index (χ2v) is 9.00. The molecule has 0 aliphatic carbocycles. The van der Waals surface area contributed by atoms with Crippen molar-refractivity contribution in [2.45, 2.75) is 51.2 Å². The molecule has 2 amide bonds. The van der Waals surface area contributed by atoms with Gasteiger partial charge in [-0.3, -0.25) is 9.59 Å². The smallest absolute Gasteiger partial charge is 0.254 e. The number of ether oxygens (including phenoxy) is 3. The van der Waals surface area contributed by atoms with E-state index in [1.54, 1.807) is 0 Å². The van der Waals surface area contributed by atoms with Crippen molar-refractivity contribution in [3.05, 3.63) is 58.7 Å². The van der Waals surface area contributed by atoms with Crippen LogP contribution < -0.4 is 14.8 Å². The lowest BCUT2D eigenvalue weighted by Gasteiger charge is -2.45. The average Bonchev–Trinajstić information content (AvgIpc) is 3.37. The third-order valence-electron chi connectivity index (χ3n) is 6.99. The van der Waals surface area contributed by atoms with Gasteiger partial charge in [-0.25, -0.2) is 0 Å². The van der Waals surface area contributed by atoms with E-state index in [1.807, 2.05) is 55.1 Å². The molecule has 3 heterocycles. The molecule has 2 aromatic carbocycles. The molecular weight excluding hydrogens is 432 g/mol. The van der Waals surface area contributed by atoms with Gasteiger partial charge in [0, 0.05) is 25.3 Å². The minimum absolute atomic E-state index is 0.0266. The molecule has 3 aliphatic rings. The Morgan fingerprint density at radius 3 is 2.62 bits per heavy atom. The highest BCUT2D eigenvalue weighted by molar-refractivity contribution is 6.01. The van der Waals surface area contributed by atoms with Crippen LogP contribution in [0.5, 0.6) is 11.5 Å². The van der Waals surface area contributed by atoms with Gasteiger partial charge < -0.3 is 24.4 Å². The van der Waals surface area contributed by atoms with Crippen LogP contribution in [0.2, 0.25) is 0 Å². The second kappa shape index (κ2) is 9.66. The molecule has 7 nitrogen and oxygen atoms in total. The molecule has 1 N–H and O–H groups in total. The predicted octanol–water partition coefficient (Wildman–Crippen LogP) is 3.62. The Bertz CT molecular complexity index is 1080. The van der Waals surface area contributed by atoms with Crippen LogP contribution in [0.4, 0.5) is 0 Å². The van der Waals surface area contributed by atoms with E-state index < -0.39 is 12.0 Å². The van der Waals surface area contributed by atoms with Gasteiger partial charge in [-0.15, -0.1) is 0 Å². The molecule has 0 radical (unpaired) electrons. The van der Waals surface area contributed by atoms with Gasteiger partial charge in [0.05, 0.1) is 31.3 Å². The van der Waals surface area contributed by atoms with Crippen LogP contribution in [0.25, 0.3) is 0 Å². The third kappa shape index (κ3) is 4.02. The number of fused-ring (bicyclic) bond motifs is 4. The third-order valence-corrected chi connectivity index (χ3v) is 6.99. The number of rotatable bonds is 7. The highest BCUT2D eigenvalue weighted by Gasteiger charge is 2.46. The first kappa shape index (κ1) is 22.7. The van der Waals surface area contributed by atoms with E-state index in [1.165, 1.54) is 0 Å². The van der Waals surface area contributed by atoms with Gasteiger partial charge in [0.2, 0.25) is 5.91 Å². The highest BCUT2D eigenvalue weighted by atomic mass is 16.5. The molecule has 5 rings (SSSR count). The summed E-state index contributed by atoms with van der Waals surface area (Å²) in [5, 5.41) is 3.13. The van der Waals surface area contributed by atoms with Crippen LogP contribution in [0.1, 0.15) is 65.7 Å². The Balaban J connectivity index is 1.57. The summed E-state index contributed by atoms with van der Waals surface area (Å²) < 4.78 is 17.4. The number of hydrogen-bond donors (Lipinski definition) is 1. The molecule has 0 aromatic heterocycles. The summed E-state index contributed by atoms with van der Waals surface area (Å²) in [7, 11) is 0. The zero-order chi connectivity index (χ0) is 23.7. The van der Waals surface area contributed by atoms with Crippen LogP contribution in [-0.4, -0.2) is 55.7 Å². The highest BCUT2D eigenvalue weighted by Crippen LogP contribution is 2.48. The summed E-state index contributed by atoms with van der Waals surface area (Å²) in [5.41, 5.74) is 3.43. The summed E-state index contributed by atoms with van der Waals surface area (Å²) in [6.45, 7) is 6.70. The maximum Gasteiger partial charge on any atom is 0.254 e. The molecule has 0 spiro atoms. The maximum absolute atomic E-state index is 13.7. The van der Waals surface area contributed by atoms with Gasteiger partial charge in [0.15, 0.2) is 11.5 Å². The molecule has 180 valence electrons. The molecule has 3 aliphatic heterocycles. The van der Waals surface area contributed by atoms with Gasteiger partial charge in [-0.2, -0.15) is 0 Å². The summed E-state index contributed by atoms with van der Waals surface area (Å²) in [4.78, 5) is 29.1. The molecule has 7 heteroatoms. The largest absolute Gasteiger partial charge is 0.490 e. The fraction of sp³-hybridized carbons (Fsp3) is 0.481. The normalized spacial score (nSPS) is 23.1. The zero-order valence-electron chi connectivity index (χ0n) is 19.8. The topological polar surface area (TPSA) is 77.1 Å². The van der Waals surface area contributed by atoms with Crippen LogP contribution in [0.15, 0.2) is 36.4 Å². The Morgan fingerprint density at radius 2 is 1.88 bits per heavy atom. The minimum Gasteiger partial charge on any atom is -0.490 e. The molecule has 2 aromatic rings. The van der Waals surface area contributed by atoms with E-state index >= 15 is 0 Å². The van der Waals surface area contributed by atoms with Crippen molar-refractivity contribution < 1.29 is 23.8 Å². The molecule has 1 fully saturated rings. The minimum atomic E-state index is -0.512. The van der Waals surface area contributed by atoms with Gasteiger partial charge in [0.25, 0.3) is 5.91 Å². The second-order valence-electron chi connectivity index (χ2n) is 9.00. The van der Waals surface area contributed by atoms with Crippen molar-refractivity contribution in [2.75, 3.05) is 32.9 Å². The van der Waals surface area contributed by atoms with E-state index in [4.69, 9.17) is 14.2 Å². The lowest BCUT2D eigenvalue weighted by Crippen LogP contribution is -2.50. The fourth-order valence-electron chi connectivity index (χ4n) is 5.48. The molecule has 3 atom stereocenters. The fourth-order valence-corrected chi connectivity index (χ4v) is 5.48. The first-order chi connectivity index (χ1) is 16.6. The van der Waals surface area contributed by atoms with Gasteiger partial charge in [-0.1, -0.05) is 18.2 Å². The number of benzene rings is 2. The first-order valence-electron chi connectivity index (χ1n) is 12.3. The van der Waals surface area contributed by atoms with Crippen molar-refractivity contribution in [1.29, 1.82) is 0 Å². The Morgan fingerprint density at radius 1 is 1.12 bits per heavy atom. The lowest BCUT2D eigenvalue weighted by molar-refractivity contribution is -0.124. The quantitative estimate of drug-likeness (QED) is 0.677. The number of carbonyl (C=O) groups is 2. The lowest BCUT2D eigenvalue weighted by atomic mass is 9.75. The number of nitrogens with one attached hydrogen (secondary N) is 1. The van der Waals surface area contributed by atoms with Crippen molar-refractivity contribution >= 4 is 11.8 Å². The standard InChI is InChI=1S/C27H32N2O5/c1-3-32-22-14-17-11-12-29-25(21(17)15-23(22)33-4-2)24(19-9-5-6-10-20(19)27(29)31)26(30)28-16-18-8-7-13-34-18/h5-6,9-10,14-15,18,24-25H,3-4,7-8,11-13,16H2,1-2H3,(H,28,30). The van der Waals surface area contributed by atoms with Crippen LogP contribution in [-0.2, 0) is 16.0 Å². The van der Waals surface area contributed by atoms with E-state index in [9.17, 15) is 9.59 Å². The van der Waals surface area contributed by atoms with E-state index in [0.717, 1.165) is 36.1 Å². The van der Waals surface area contributed by atoms with E-state index in [-0.39, 0.29) is 17.9 Å². The Hall–Kier alpha value is -3.06. The monoisotopic (exact) mass is 464 g/mol. The van der Waals surface area contributed by atoms with Crippen molar-refractivity contribution in [3.8, 4) is 11.5 Å². The summed E-state index contributed by atoms with van der Waals surface area (Å²) in [6.07, 6.45) is 2.73. The summed E-state index contributed by atoms with van der Waals surface area (Å²) in [6, 6.07) is 11.1. The molecule has 3 unspecified atom stereocenters. The Labute approximate surface area is 200 Å². The number of hydrogen-bond acceptors (Lipinski definition) is 5. The SMILES string of the molecule is CCOc1cc2c(cc1OCC)C1C(C(=O)NCC3CCCO3)c3ccccc3C(=O)N1CC2. The van der Waals surface area contributed by atoms with Crippen molar-refractivity contribution in [1.82, 2.24) is 10.2 Å². The molecule has 0 saturated carbocycles. The van der Waals surface area contributed by atoms with Gasteiger partial charge in [0.1, 0.15) is 0 Å². The summed E-state index contributed by atoms with van der Waals surface area (Å²) >= 11 is 0. The molecule has 0 bridgehead atoms. The van der Waals surface area contributed by atoms with E-state index in [0.29, 0.717) is 49.8 Å². The predicted molar refractivity (Wildman–Crippen MR) is 127 cm³/mol. The zero-order valence-corrected chi connectivity index (χ0v) is 19.8. The van der Waals surface area contributed by atoms with Gasteiger partial charge in [-0.05, 0) is 68.0 Å². The Kier molecular flexibility index (Phi) is 6.46. The maximum atomic E-state index is 13.7. The van der Waals surface area contributed by atoms with E-state index in [2.05, 4.69) is 5.32 Å². The van der Waals surface area contributed by atoms with Crippen molar-refractivity contribution in [2.24, 2.45) is 0 Å². The molecular formula is C27H32N2O5. The number of carbonyl (C=O) groups excluding carboxylic acids is 2. The first-order valence-corrected chi connectivity index (χ1v) is 12.3. The van der Waals surface area contributed by atoms with Crippen LogP contribution >= 0.6 is 0 Å². The summed E-state index contributed by atoms with van der Waals surface area (Å²) in [5.74, 6) is 0.737. The van der Waals surface area contributed by atoms with Crippen molar-refractivity contribution in [3.63, 3.8) is 0 Å². The molecule has 1 saturated heterocycles. The van der Waals surface area contributed by atoms with Crippen LogP contribution in [0, 0.1) is 0 Å². The average molecular weight is 465 g/mol. The molecule has 34 heavy (non-hydrogen) atoms. The van der Waals surface area contributed by atoms with Gasteiger partial charge >= 0.3 is 0 Å². The number of amides is 2. The number of nitrogens with zero attached hydrogens (tertiary/aromatic N) is 1. The van der Waals surface area contributed by atoms with Crippen LogP contribution in [0.3, 0.4) is 0 Å².